The van der Waals surface area contributed by atoms with Gasteiger partial charge in [-0.1, -0.05) is 13.8 Å². The number of ketones is 2. The minimum absolute atomic E-state index is 0.0362. The van der Waals surface area contributed by atoms with Crippen molar-refractivity contribution in [3.05, 3.63) is 0 Å². The molecule has 0 aliphatic heterocycles. The highest BCUT2D eigenvalue weighted by atomic mass is 16.1. The van der Waals surface area contributed by atoms with Gasteiger partial charge >= 0.3 is 0 Å². The molecule has 0 bridgehead atoms. The molecule has 4 aliphatic rings. The van der Waals surface area contributed by atoms with E-state index in [0.717, 1.165) is 44.9 Å². The molecule has 23 heavy (non-hydrogen) atoms. The highest BCUT2D eigenvalue weighted by Gasteiger charge is 2.65. The number of Topliss-reactive ketones (excluding diaryl/α,β-unsaturated/α-hetero) is 2. The van der Waals surface area contributed by atoms with Gasteiger partial charge in [0.25, 0.3) is 0 Å². The van der Waals surface area contributed by atoms with Gasteiger partial charge in [-0.3, -0.25) is 9.59 Å². The third-order valence-electron chi connectivity index (χ3n) is 8.60. The Hall–Kier alpha value is -1.17. The molecular weight excluding hydrogens is 286 g/mol. The molecule has 4 fully saturated rings. The first-order valence-electron chi connectivity index (χ1n) is 9.33. The van der Waals surface area contributed by atoms with E-state index in [-0.39, 0.29) is 16.6 Å². The SMILES string of the molecule is C[C@]12CC[C@@H]3[C@H](CC[C@@]4(C#N)CC(=O)CC[C@]34C)[C@H]1CCC2=O. The Kier molecular flexibility index (Phi) is 3.13. The summed E-state index contributed by atoms with van der Waals surface area (Å²) in [4.78, 5) is 24.5. The molecule has 4 aliphatic carbocycles. The van der Waals surface area contributed by atoms with E-state index in [9.17, 15) is 14.9 Å². The van der Waals surface area contributed by atoms with Gasteiger partial charge in [0.15, 0.2) is 0 Å². The quantitative estimate of drug-likeness (QED) is 0.677. The van der Waals surface area contributed by atoms with Crippen molar-refractivity contribution in [2.24, 2.45) is 34.0 Å². The van der Waals surface area contributed by atoms with Crippen molar-refractivity contribution in [3.63, 3.8) is 0 Å². The lowest BCUT2D eigenvalue weighted by molar-refractivity contribution is -0.154. The molecule has 4 saturated carbocycles. The van der Waals surface area contributed by atoms with Crippen LogP contribution >= 0.6 is 0 Å². The number of nitrogens with zero attached hydrogens (tertiary/aromatic N) is 1. The molecule has 0 N–H and O–H groups in total. The topological polar surface area (TPSA) is 57.9 Å². The standard InChI is InChI=1S/C20H27NO2/c1-18-8-7-16-14(15(18)3-4-17(18)23)6-10-20(12-21)11-13(22)5-9-19(16,20)2/h14-16H,3-11H2,1-2H3/t14-,15-,16-,18+,19-,20+/m1/s1. The Morgan fingerprint density at radius 2 is 1.78 bits per heavy atom. The van der Waals surface area contributed by atoms with Gasteiger partial charge in [0.2, 0.25) is 0 Å². The van der Waals surface area contributed by atoms with Crippen LogP contribution in [0.1, 0.15) is 71.6 Å². The molecule has 4 rings (SSSR count). The summed E-state index contributed by atoms with van der Waals surface area (Å²) < 4.78 is 0. The molecule has 6 atom stereocenters. The first-order chi connectivity index (χ1) is 10.9. The monoisotopic (exact) mass is 313 g/mol. The number of fused-ring (bicyclic) bond motifs is 5. The van der Waals surface area contributed by atoms with E-state index in [1.807, 2.05) is 0 Å². The minimum atomic E-state index is -0.445. The van der Waals surface area contributed by atoms with E-state index in [1.54, 1.807) is 0 Å². The second kappa shape index (κ2) is 4.68. The Morgan fingerprint density at radius 1 is 1.00 bits per heavy atom. The molecule has 0 saturated heterocycles. The number of nitriles is 1. The molecule has 0 unspecified atom stereocenters. The van der Waals surface area contributed by atoms with Crippen LogP contribution in [-0.2, 0) is 9.59 Å². The molecule has 3 heteroatoms. The lowest BCUT2D eigenvalue weighted by atomic mass is 9.40. The van der Waals surface area contributed by atoms with E-state index < -0.39 is 5.41 Å². The van der Waals surface area contributed by atoms with Gasteiger partial charge in [0, 0.05) is 24.7 Å². The molecule has 3 nitrogen and oxygen atoms in total. The average Bonchev–Trinajstić information content (AvgIpc) is 2.84. The molecule has 0 heterocycles. The lowest BCUT2D eigenvalue weighted by Gasteiger charge is -2.62. The summed E-state index contributed by atoms with van der Waals surface area (Å²) in [6.45, 7) is 4.49. The summed E-state index contributed by atoms with van der Waals surface area (Å²) >= 11 is 0. The fraction of sp³-hybridized carbons (Fsp3) is 0.850. The Morgan fingerprint density at radius 3 is 2.52 bits per heavy atom. The van der Waals surface area contributed by atoms with Crippen LogP contribution in [-0.4, -0.2) is 11.6 Å². The summed E-state index contributed by atoms with van der Waals surface area (Å²) in [7, 11) is 0. The number of hydrogen-bond donors (Lipinski definition) is 0. The van der Waals surface area contributed by atoms with Gasteiger partial charge in [0.05, 0.1) is 11.5 Å². The van der Waals surface area contributed by atoms with Gasteiger partial charge in [0.1, 0.15) is 11.6 Å². The van der Waals surface area contributed by atoms with Crippen molar-refractivity contribution in [1.29, 1.82) is 5.26 Å². The Labute approximate surface area is 138 Å². The van der Waals surface area contributed by atoms with Crippen LogP contribution in [0.3, 0.4) is 0 Å². The highest BCUT2D eigenvalue weighted by molar-refractivity contribution is 5.87. The van der Waals surface area contributed by atoms with Crippen molar-refractivity contribution in [3.8, 4) is 6.07 Å². The Balaban J connectivity index is 1.73. The second-order valence-corrected chi connectivity index (χ2v) is 9.16. The third-order valence-corrected chi connectivity index (χ3v) is 8.60. The van der Waals surface area contributed by atoms with E-state index in [0.29, 0.717) is 36.4 Å². The number of carbonyl (C=O) groups is 2. The van der Waals surface area contributed by atoms with Crippen LogP contribution in [0.25, 0.3) is 0 Å². The maximum Gasteiger partial charge on any atom is 0.139 e. The van der Waals surface area contributed by atoms with Crippen LogP contribution in [0.15, 0.2) is 0 Å². The summed E-state index contributed by atoms with van der Waals surface area (Å²) in [6, 6.07) is 2.61. The maximum atomic E-state index is 12.4. The number of rotatable bonds is 0. The molecular formula is C20H27NO2. The predicted molar refractivity (Wildman–Crippen MR) is 86.3 cm³/mol. The van der Waals surface area contributed by atoms with Crippen molar-refractivity contribution in [2.45, 2.75) is 71.6 Å². The van der Waals surface area contributed by atoms with Gasteiger partial charge in [-0.05, 0) is 61.7 Å². The molecule has 0 aromatic heterocycles. The van der Waals surface area contributed by atoms with Crippen LogP contribution in [0, 0.1) is 45.3 Å². The smallest absolute Gasteiger partial charge is 0.139 e. The molecule has 0 aromatic rings. The predicted octanol–water partition coefficient (Wildman–Crippen LogP) is 4.06. The lowest BCUT2D eigenvalue weighted by Crippen LogP contribution is -2.58. The zero-order valence-corrected chi connectivity index (χ0v) is 14.4. The Bertz CT molecular complexity index is 620. The van der Waals surface area contributed by atoms with E-state index in [2.05, 4.69) is 19.9 Å². The number of carbonyl (C=O) groups excluding carboxylic acids is 2. The normalized spacial score (nSPS) is 52.3. The summed E-state index contributed by atoms with van der Waals surface area (Å²) in [6.07, 6.45) is 7.72. The van der Waals surface area contributed by atoms with Crippen molar-refractivity contribution in [2.75, 3.05) is 0 Å². The average molecular weight is 313 g/mol. The fourth-order valence-electron chi connectivity index (χ4n) is 7.07. The van der Waals surface area contributed by atoms with Gasteiger partial charge < -0.3 is 0 Å². The van der Waals surface area contributed by atoms with E-state index in [1.165, 1.54) is 0 Å². The molecule has 0 spiro atoms. The van der Waals surface area contributed by atoms with Crippen molar-refractivity contribution in [1.82, 2.24) is 0 Å². The third kappa shape index (κ3) is 1.76. The van der Waals surface area contributed by atoms with Crippen molar-refractivity contribution < 1.29 is 9.59 Å². The second-order valence-electron chi connectivity index (χ2n) is 9.16. The van der Waals surface area contributed by atoms with Gasteiger partial charge in [-0.2, -0.15) is 5.26 Å². The number of hydrogen-bond acceptors (Lipinski definition) is 3. The highest BCUT2D eigenvalue weighted by Crippen LogP contribution is 2.68. The molecule has 0 aromatic carbocycles. The van der Waals surface area contributed by atoms with E-state index in [4.69, 9.17) is 0 Å². The largest absolute Gasteiger partial charge is 0.300 e. The minimum Gasteiger partial charge on any atom is -0.300 e. The summed E-state index contributed by atoms with van der Waals surface area (Å²) in [5.74, 6) is 2.37. The first-order valence-corrected chi connectivity index (χ1v) is 9.33. The zero-order chi connectivity index (χ0) is 16.5. The summed E-state index contributed by atoms with van der Waals surface area (Å²) in [5.41, 5.74) is -0.583. The van der Waals surface area contributed by atoms with Gasteiger partial charge in [-0.25, -0.2) is 0 Å². The first kappa shape index (κ1) is 15.4. The zero-order valence-electron chi connectivity index (χ0n) is 14.4. The van der Waals surface area contributed by atoms with Crippen LogP contribution in [0.2, 0.25) is 0 Å². The van der Waals surface area contributed by atoms with Crippen LogP contribution in [0.5, 0.6) is 0 Å². The molecule has 0 amide bonds. The fourth-order valence-corrected chi connectivity index (χ4v) is 7.07. The van der Waals surface area contributed by atoms with Crippen LogP contribution < -0.4 is 0 Å². The van der Waals surface area contributed by atoms with Crippen LogP contribution in [0.4, 0.5) is 0 Å². The molecule has 124 valence electrons. The summed E-state index contributed by atoms with van der Waals surface area (Å²) in [5, 5.41) is 9.97. The van der Waals surface area contributed by atoms with E-state index >= 15 is 0 Å². The molecule has 0 radical (unpaired) electrons. The maximum absolute atomic E-state index is 12.4. The van der Waals surface area contributed by atoms with Gasteiger partial charge in [-0.15, -0.1) is 0 Å². The van der Waals surface area contributed by atoms with Crippen molar-refractivity contribution >= 4 is 11.6 Å².